The second kappa shape index (κ2) is 9.82. The number of amides is 3. The van der Waals surface area contributed by atoms with Crippen molar-refractivity contribution in [3.8, 4) is 0 Å². The zero-order valence-corrected chi connectivity index (χ0v) is 18.6. The highest BCUT2D eigenvalue weighted by Crippen LogP contribution is 2.20. The van der Waals surface area contributed by atoms with Gasteiger partial charge in [-0.2, -0.15) is 5.10 Å². The number of nitrogens with one attached hydrogen (secondary N) is 1. The first kappa shape index (κ1) is 22.6. The molecule has 1 aliphatic heterocycles. The summed E-state index contributed by atoms with van der Waals surface area (Å²) in [7, 11) is 0. The Bertz CT molecular complexity index is 951. The van der Waals surface area contributed by atoms with Crippen LogP contribution in [0.15, 0.2) is 30.5 Å². The van der Waals surface area contributed by atoms with Crippen molar-refractivity contribution in [3.63, 3.8) is 0 Å². The van der Waals surface area contributed by atoms with Crippen LogP contribution in [0.2, 0.25) is 5.02 Å². The molecule has 2 heterocycles. The minimum atomic E-state index is -0.547. The third-order valence-corrected chi connectivity index (χ3v) is 5.39. The fraction of sp³-hybridized carbons (Fsp3) is 0.429. The molecule has 10 heteroatoms. The van der Waals surface area contributed by atoms with Gasteiger partial charge in [-0.3, -0.25) is 14.3 Å². The molecule has 1 N–H and O–H groups in total. The summed E-state index contributed by atoms with van der Waals surface area (Å²) >= 11 is 5.86. The molecule has 0 bridgehead atoms. The number of hydrogen-bond acceptors (Lipinski definition) is 5. The number of aryl methyl sites for hydroxylation is 1. The standard InChI is InChI=1S/C21H26ClN5O4/c1-4-31-21(30)26-11-9-25(10-12-26)20(29)15(3)27-13-18(14(2)24-27)23-19(28)16-5-7-17(22)8-6-16/h5-8,13,15H,4,9-12H2,1-3H3,(H,23,28). The highest BCUT2D eigenvalue weighted by molar-refractivity contribution is 6.30. The summed E-state index contributed by atoms with van der Waals surface area (Å²) in [5.74, 6) is -0.380. The Morgan fingerprint density at radius 1 is 1.13 bits per heavy atom. The lowest BCUT2D eigenvalue weighted by atomic mass is 10.2. The molecule has 31 heavy (non-hydrogen) atoms. The van der Waals surface area contributed by atoms with E-state index in [1.54, 1.807) is 65.7 Å². The molecule has 9 nitrogen and oxygen atoms in total. The number of rotatable bonds is 5. The van der Waals surface area contributed by atoms with Crippen LogP contribution in [-0.4, -0.2) is 70.3 Å². The lowest BCUT2D eigenvalue weighted by molar-refractivity contribution is -0.136. The van der Waals surface area contributed by atoms with Gasteiger partial charge in [0.2, 0.25) is 5.91 Å². The first-order chi connectivity index (χ1) is 14.8. The highest BCUT2D eigenvalue weighted by atomic mass is 35.5. The number of ether oxygens (including phenoxy) is 1. The topological polar surface area (TPSA) is 96.8 Å². The van der Waals surface area contributed by atoms with Crippen molar-refractivity contribution in [2.45, 2.75) is 26.8 Å². The molecule has 0 spiro atoms. The molecule has 1 unspecified atom stereocenters. The third-order valence-electron chi connectivity index (χ3n) is 5.14. The summed E-state index contributed by atoms with van der Waals surface area (Å²) in [4.78, 5) is 40.5. The molecule has 2 aromatic rings. The molecule has 3 amide bonds. The average Bonchev–Trinajstić information content (AvgIpc) is 3.13. The molecule has 166 valence electrons. The van der Waals surface area contributed by atoms with Crippen molar-refractivity contribution < 1.29 is 19.1 Å². The van der Waals surface area contributed by atoms with Crippen LogP contribution in [0.25, 0.3) is 0 Å². The van der Waals surface area contributed by atoms with Crippen LogP contribution in [0.4, 0.5) is 10.5 Å². The molecule has 1 aromatic carbocycles. The quantitative estimate of drug-likeness (QED) is 0.760. The Morgan fingerprint density at radius 2 is 1.74 bits per heavy atom. The Morgan fingerprint density at radius 3 is 2.35 bits per heavy atom. The molecule has 1 saturated heterocycles. The van der Waals surface area contributed by atoms with Gasteiger partial charge in [-0.15, -0.1) is 0 Å². The van der Waals surface area contributed by atoms with Gasteiger partial charge in [0.05, 0.1) is 18.0 Å². The number of carbonyl (C=O) groups excluding carboxylic acids is 3. The maximum Gasteiger partial charge on any atom is 0.409 e. The van der Waals surface area contributed by atoms with Crippen molar-refractivity contribution in [2.24, 2.45) is 0 Å². The number of halogens is 1. The van der Waals surface area contributed by atoms with Gasteiger partial charge in [-0.1, -0.05) is 11.6 Å². The van der Waals surface area contributed by atoms with Crippen molar-refractivity contribution in [1.82, 2.24) is 19.6 Å². The molecule has 1 fully saturated rings. The van der Waals surface area contributed by atoms with E-state index in [0.29, 0.717) is 54.8 Å². The van der Waals surface area contributed by atoms with Crippen LogP contribution in [0, 0.1) is 6.92 Å². The van der Waals surface area contributed by atoms with Crippen LogP contribution in [0.1, 0.15) is 35.9 Å². The fourth-order valence-electron chi connectivity index (χ4n) is 3.30. The van der Waals surface area contributed by atoms with E-state index in [9.17, 15) is 14.4 Å². The van der Waals surface area contributed by atoms with E-state index in [1.807, 2.05) is 0 Å². The average molecular weight is 448 g/mol. The van der Waals surface area contributed by atoms with Gasteiger partial charge in [0.25, 0.3) is 5.91 Å². The lowest BCUT2D eigenvalue weighted by Gasteiger charge is -2.35. The molecule has 1 atom stereocenters. The van der Waals surface area contributed by atoms with Crippen LogP contribution in [-0.2, 0) is 9.53 Å². The second-order valence-corrected chi connectivity index (χ2v) is 7.69. The minimum Gasteiger partial charge on any atom is -0.450 e. The lowest BCUT2D eigenvalue weighted by Crippen LogP contribution is -2.52. The second-order valence-electron chi connectivity index (χ2n) is 7.26. The van der Waals surface area contributed by atoms with Gasteiger partial charge in [0, 0.05) is 43.0 Å². The number of piperazine rings is 1. The third kappa shape index (κ3) is 5.35. The number of carbonyl (C=O) groups is 3. The minimum absolute atomic E-state index is 0.0958. The first-order valence-corrected chi connectivity index (χ1v) is 10.5. The fourth-order valence-corrected chi connectivity index (χ4v) is 3.43. The van der Waals surface area contributed by atoms with E-state index in [4.69, 9.17) is 16.3 Å². The van der Waals surface area contributed by atoms with E-state index < -0.39 is 6.04 Å². The van der Waals surface area contributed by atoms with Gasteiger partial charge in [0.1, 0.15) is 6.04 Å². The van der Waals surface area contributed by atoms with Gasteiger partial charge in [-0.05, 0) is 45.0 Å². The van der Waals surface area contributed by atoms with Crippen LogP contribution in [0.3, 0.4) is 0 Å². The zero-order valence-electron chi connectivity index (χ0n) is 17.8. The number of hydrogen-bond donors (Lipinski definition) is 1. The molecule has 0 radical (unpaired) electrons. The predicted molar refractivity (Wildman–Crippen MR) is 116 cm³/mol. The summed E-state index contributed by atoms with van der Waals surface area (Å²) in [6.45, 7) is 7.34. The summed E-state index contributed by atoms with van der Waals surface area (Å²) < 4.78 is 6.56. The summed E-state index contributed by atoms with van der Waals surface area (Å²) in [5.41, 5.74) is 1.61. The SMILES string of the molecule is CCOC(=O)N1CCN(C(=O)C(C)n2cc(NC(=O)c3ccc(Cl)cc3)c(C)n2)CC1. The zero-order chi connectivity index (χ0) is 22.5. The van der Waals surface area contributed by atoms with Crippen molar-refractivity contribution in [3.05, 3.63) is 46.7 Å². The largest absolute Gasteiger partial charge is 0.450 e. The molecule has 0 saturated carbocycles. The number of nitrogens with zero attached hydrogens (tertiary/aromatic N) is 4. The number of aromatic nitrogens is 2. The predicted octanol–water partition coefficient (Wildman–Crippen LogP) is 2.96. The maximum atomic E-state index is 12.9. The summed E-state index contributed by atoms with van der Waals surface area (Å²) in [6, 6.07) is 6.03. The van der Waals surface area contributed by atoms with Gasteiger partial charge in [0.15, 0.2) is 0 Å². The molecule has 3 rings (SSSR count). The van der Waals surface area contributed by atoms with Crippen LogP contribution >= 0.6 is 11.6 Å². The first-order valence-electron chi connectivity index (χ1n) is 10.1. The van der Waals surface area contributed by atoms with Crippen molar-refractivity contribution >= 4 is 35.2 Å². The summed E-state index contributed by atoms with van der Waals surface area (Å²) in [6.07, 6.45) is 1.30. The van der Waals surface area contributed by atoms with Crippen LogP contribution in [0.5, 0.6) is 0 Å². The Balaban J connectivity index is 1.61. The number of anilines is 1. The molecule has 0 aliphatic carbocycles. The maximum absolute atomic E-state index is 12.9. The van der Waals surface area contributed by atoms with Crippen LogP contribution < -0.4 is 5.32 Å². The molecule has 1 aromatic heterocycles. The summed E-state index contributed by atoms with van der Waals surface area (Å²) in [5, 5.41) is 7.78. The smallest absolute Gasteiger partial charge is 0.409 e. The van der Waals surface area contributed by atoms with Crippen molar-refractivity contribution in [2.75, 3.05) is 38.1 Å². The molecular formula is C21H26ClN5O4. The number of benzene rings is 1. The normalized spacial score (nSPS) is 14.8. The molecular weight excluding hydrogens is 422 g/mol. The molecule has 1 aliphatic rings. The van der Waals surface area contributed by atoms with Gasteiger partial charge < -0.3 is 19.9 Å². The van der Waals surface area contributed by atoms with E-state index in [2.05, 4.69) is 10.4 Å². The van der Waals surface area contributed by atoms with Gasteiger partial charge in [-0.25, -0.2) is 4.79 Å². The Labute approximate surface area is 185 Å². The van der Waals surface area contributed by atoms with E-state index in [0.717, 1.165) is 0 Å². The van der Waals surface area contributed by atoms with Gasteiger partial charge >= 0.3 is 6.09 Å². The Hall–Kier alpha value is -3.07. The van der Waals surface area contributed by atoms with E-state index in [-0.39, 0.29) is 17.9 Å². The van der Waals surface area contributed by atoms with Crippen molar-refractivity contribution in [1.29, 1.82) is 0 Å². The highest BCUT2D eigenvalue weighted by Gasteiger charge is 2.29. The monoisotopic (exact) mass is 447 g/mol. The Kier molecular flexibility index (Phi) is 7.17. The van der Waals surface area contributed by atoms with E-state index >= 15 is 0 Å². The van der Waals surface area contributed by atoms with E-state index in [1.165, 1.54) is 0 Å².